The minimum atomic E-state index is -4.61. The van der Waals surface area contributed by atoms with Crippen molar-refractivity contribution in [1.82, 2.24) is 0 Å². The largest absolute Gasteiger partial charge is 0.744 e. The van der Waals surface area contributed by atoms with Crippen LogP contribution < -0.4 is 9.13 Å². The van der Waals surface area contributed by atoms with Crippen molar-refractivity contribution in [3.8, 4) is 0 Å². The van der Waals surface area contributed by atoms with Crippen LogP contribution in [0.15, 0.2) is 83.1 Å². The van der Waals surface area contributed by atoms with E-state index in [1.54, 1.807) is 0 Å². The molecule has 0 unspecified atom stereocenters. The predicted molar refractivity (Wildman–Crippen MR) is 135 cm³/mol. The molecule has 0 aliphatic heterocycles. The molecule has 2 aromatic heterocycles. The van der Waals surface area contributed by atoms with Crippen molar-refractivity contribution in [3.05, 3.63) is 84.4 Å². The van der Waals surface area contributed by atoms with Crippen molar-refractivity contribution in [2.45, 2.75) is 76.3 Å². The second kappa shape index (κ2) is 15.5. The van der Waals surface area contributed by atoms with Gasteiger partial charge in [-0.05, 0) is 50.2 Å². The Bertz CT molecular complexity index is 1180. The molecular weight excluding hydrogens is 500 g/mol. The molecule has 10 heteroatoms. The third-order valence-corrected chi connectivity index (χ3v) is 6.65. The molecule has 0 saturated carbocycles. The summed E-state index contributed by atoms with van der Waals surface area (Å²) in [6.45, 7) is 11.0. The molecule has 0 aliphatic rings. The second-order valence-corrected chi connectivity index (χ2v) is 11.1. The van der Waals surface area contributed by atoms with Gasteiger partial charge in [0.2, 0.25) is 0 Å². The maximum Gasteiger partial charge on any atom is 0.171 e. The number of aromatic nitrogens is 2. The molecule has 2 heterocycles. The van der Waals surface area contributed by atoms with E-state index in [-0.39, 0.29) is 0 Å². The SMILES string of the molecule is CCCC[n+]1cccc(C)c1.CCCC[n+]1cccc(C)c1.O=S(=O)([O-])c1ccc(S(=O)(=O)[O-])cc1. The minimum absolute atomic E-state index is 0.579. The Hall–Kier alpha value is -2.66. The number of pyridine rings is 2. The summed E-state index contributed by atoms with van der Waals surface area (Å²) in [6.07, 6.45) is 13.7. The first kappa shape index (κ1) is 31.4. The lowest BCUT2D eigenvalue weighted by molar-refractivity contribution is -0.697. The van der Waals surface area contributed by atoms with E-state index in [1.165, 1.54) is 36.8 Å². The highest BCUT2D eigenvalue weighted by atomic mass is 32.2. The maximum atomic E-state index is 10.4. The van der Waals surface area contributed by atoms with Gasteiger partial charge in [0, 0.05) is 36.1 Å². The Kier molecular flexibility index (Phi) is 13.5. The van der Waals surface area contributed by atoms with Crippen molar-refractivity contribution < 1.29 is 35.1 Å². The molecule has 0 bridgehead atoms. The van der Waals surface area contributed by atoms with Gasteiger partial charge in [-0.25, -0.2) is 26.0 Å². The molecule has 3 aromatic rings. The number of hydrogen-bond donors (Lipinski definition) is 0. The molecule has 8 nitrogen and oxygen atoms in total. The van der Waals surface area contributed by atoms with Crippen LogP contribution in [0.5, 0.6) is 0 Å². The molecule has 0 N–H and O–H groups in total. The standard InChI is InChI=1S/2C10H16N.C6H6O6S2/c2*1-3-4-7-11-8-5-6-10(2)9-11;7-13(8,9)5-1-2-6(4-3-5)14(10,11)12/h2*5-6,8-9H,3-4,7H2,1-2H3;1-4H,(H,7,8,9)(H,10,11,12)/q2*+1;/p-2. The van der Waals surface area contributed by atoms with Crippen LogP contribution in [-0.2, 0) is 33.3 Å². The zero-order valence-corrected chi connectivity index (χ0v) is 23.0. The average Bonchev–Trinajstić information content (AvgIpc) is 2.81. The summed E-state index contributed by atoms with van der Waals surface area (Å²) in [5, 5.41) is 0. The van der Waals surface area contributed by atoms with Gasteiger partial charge in [-0.1, -0.05) is 26.7 Å². The van der Waals surface area contributed by atoms with Crippen LogP contribution in [0, 0.1) is 13.8 Å². The molecule has 0 amide bonds. The van der Waals surface area contributed by atoms with E-state index < -0.39 is 30.0 Å². The van der Waals surface area contributed by atoms with E-state index in [0.717, 1.165) is 37.4 Å². The molecule has 0 saturated heterocycles. The molecule has 0 aliphatic carbocycles. The van der Waals surface area contributed by atoms with Crippen molar-refractivity contribution in [2.24, 2.45) is 0 Å². The average molecular weight is 537 g/mol. The second-order valence-electron chi connectivity index (χ2n) is 8.33. The Balaban J connectivity index is 0.000000273. The first-order valence-electron chi connectivity index (χ1n) is 11.8. The molecule has 198 valence electrons. The molecule has 1 aromatic carbocycles. The highest BCUT2D eigenvalue weighted by Gasteiger charge is 2.04. The summed E-state index contributed by atoms with van der Waals surface area (Å²) in [7, 11) is -9.22. The van der Waals surface area contributed by atoms with Crippen LogP contribution in [0.3, 0.4) is 0 Å². The number of hydrogen-bond acceptors (Lipinski definition) is 6. The number of rotatable bonds is 8. The van der Waals surface area contributed by atoms with Crippen molar-refractivity contribution >= 4 is 20.2 Å². The summed E-state index contributed by atoms with van der Waals surface area (Å²) in [5.41, 5.74) is 2.67. The van der Waals surface area contributed by atoms with E-state index in [9.17, 15) is 25.9 Å². The topological polar surface area (TPSA) is 122 Å². The summed E-state index contributed by atoms with van der Waals surface area (Å²) in [4.78, 5) is -1.16. The molecule has 36 heavy (non-hydrogen) atoms. The van der Waals surface area contributed by atoms with Crippen LogP contribution in [-0.4, -0.2) is 25.9 Å². The number of unbranched alkanes of at least 4 members (excludes halogenated alkanes) is 2. The first-order chi connectivity index (χ1) is 16.9. The Morgan fingerprint density at radius 2 is 0.972 bits per heavy atom. The van der Waals surface area contributed by atoms with Crippen molar-refractivity contribution in [3.63, 3.8) is 0 Å². The van der Waals surface area contributed by atoms with Crippen LogP contribution in [0.1, 0.15) is 50.7 Å². The van der Waals surface area contributed by atoms with Gasteiger partial charge in [0.25, 0.3) is 0 Å². The fourth-order valence-corrected chi connectivity index (χ4v) is 3.98. The number of aryl methyl sites for hydroxylation is 4. The summed E-state index contributed by atoms with van der Waals surface area (Å²) in [6, 6.07) is 11.5. The van der Waals surface area contributed by atoms with Gasteiger partial charge >= 0.3 is 0 Å². The zero-order valence-electron chi connectivity index (χ0n) is 21.3. The van der Waals surface area contributed by atoms with Gasteiger partial charge < -0.3 is 9.11 Å². The zero-order chi connectivity index (χ0) is 27.2. The normalized spacial score (nSPS) is 11.1. The van der Waals surface area contributed by atoms with Crippen molar-refractivity contribution in [2.75, 3.05) is 0 Å². The molecule has 0 atom stereocenters. The highest BCUT2D eigenvalue weighted by Crippen LogP contribution is 2.13. The highest BCUT2D eigenvalue weighted by molar-refractivity contribution is 7.86. The quantitative estimate of drug-likeness (QED) is 0.320. The van der Waals surface area contributed by atoms with Gasteiger partial charge in [-0.3, -0.25) is 0 Å². The Morgan fingerprint density at radius 3 is 1.22 bits per heavy atom. The maximum absolute atomic E-state index is 10.4. The third kappa shape index (κ3) is 12.9. The Morgan fingerprint density at radius 1 is 0.639 bits per heavy atom. The molecular formula is C26H36N2O6S2. The lowest BCUT2D eigenvalue weighted by Gasteiger charge is -2.09. The van der Waals surface area contributed by atoms with E-state index in [1.807, 2.05) is 0 Å². The van der Waals surface area contributed by atoms with Gasteiger partial charge in [0.05, 0.1) is 9.79 Å². The first-order valence-corrected chi connectivity index (χ1v) is 14.6. The van der Waals surface area contributed by atoms with E-state index in [0.29, 0.717) is 0 Å². The van der Waals surface area contributed by atoms with E-state index in [4.69, 9.17) is 0 Å². The fourth-order valence-electron chi connectivity index (χ4n) is 3.04. The monoisotopic (exact) mass is 536 g/mol. The van der Waals surface area contributed by atoms with Crippen LogP contribution >= 0.6 is 0 Å². The van der Waals surface area contributed by atoms with Crippen LogP contribution in [0.25, 0.3) is 0 Å². The predicted octanol–water partition coefficient (Wildman–Crippen LogP) is 3.66. The van der Waals surface area contributed by atoms with Gasteiger partial charge in [-0.15, -0.1) is 0 Å². The number of benzene rings is 1. The fraction of sp³-hybridized carbons (Fsp3) is 0.385. The van der Waals surface area contributed by atoms with Crippen LogP contribution in [0.2, 0.25) is 0 Å². The van der Waals surface area contributed by atoms with Gasteiger partial charge in [0.15, 0.2) is 24.8 Å². The number of nitrogens with zero attached hydrogens (tertiary/aromatic N) is 2. The minimum Gasteiger partial charge on any atom is -0.744 e. The van der Waals surface area contributed by atoms with Crippen molar-refractivity contribution in [1.29, 1.82) is 0 Å². The smallest absolute Gasteiger partial charge is 0.171 e. The third-order valence-electron chi connectivity index (χ3n) is 4.95. The molecule has 0 spiro atoms. The lowest BCUT2D eigenvalue weighted by atomic mass is 10.3. The Labute approximate surface area is 215 Å². The summed E-state index contributed by atoms with van der Waals surface area (Å²) in [5.74, 6) is 0. The lowest BCUT2D eigenvalue weighted by Crippen LogP contribution is -2.32. The molecule has 0 radical (unpaired) electrons. The van der Waals surface area contributed by atoms with Gasteiger partial charge in [-0.2, -0.15) is 0 Å². The van der Waals surface area contributed by atoms with Crippen LogP contribution in [0.4, 0.5) is 0 Å². The summed E-state index contributed by atoms with van der Waals surface area (Å²) >= 11 is 0. The van der Waals surface area contributed by atoms with E-state index >= 15 is 0 Å². The molecule has 3 rings (SSSR count). The molecule has 0 fully saturated rings. The summed E-state index contributed by atoms with van der Waals surface area (Å²) < 4.78 is 67.0. The van der Waals surface area contributed by atoms with Gasteiger partial charge in [0.1, 0.15) is 33.3 Å². The van der Waals surface area contributed by atoms with E-state index in [2.05, 4.69) is 85.9 Å².